The lowest BCUT2D eigenvalue weighted by Crippen LogP contribution is -2.44. The Morgan fingerprint density at radius 3 is 2.58 bits per heavy atom. The number of likely N-dealkylation sites (tertiary alicyclic amines) is 1. The van der Waals surface area contributed by atoms with E-state index in [1.54, 1.807) is 24.3 Å². The van der Waals surface area contributed by atoms with Crippen LogP contribution in [0.1, 0.15) is 35.1 Å². The number of nitrogens with two attached hydrogens (primary N) is 1. The van der Waals surface area contributed by atoms with Gasteiger partial charge >= 0.3 is 12.4 Å². The number of amides is 1. The summed E-state index contributed by atoms with van der Waals surface area (Å²) in [6, 6.07) is 6.67. The Labute approximate surface area is 217 Å². The molecule has 1 fully saturated rings. The molecule has 5 rings (SSSR count). The third kappa shape index (κ3) is 5.44. The van der Waals surface area contributed by atoms with Gasteiger partial charge in [0.25, 0.3) is 5.91 Å². The molecule has 6 nitrogen and oxygen atoms in total. The largest absolute Gasteiger partial charge is 0.416 e. The van der Waals surface area contributed by atoms with Gasteiger partial charge in [-0.15, -0.1) is 0 Å². The molecule has 0 unspecified atom stereocenters. The number of halogens is 6. The minimum absolute atomic E-state index is 0.0314. The van der Waals surface area contributed by atoms with Gasteiger partial charge in [-0.2, -0.15) is 36.4 Å². The maximum absolute atomic E-state index is 13.6. The predicted molar refractivity (Wildman–Crippen MR) is 132 cm³/mol. The molecule has 0 aliphatic carbocycles. The molecule has 0 saturated carbocycles. The summed E-state index contributed by atoms with van der Waals surface area (Å²) in [6.45, 7) is 1.03. The topological polar surface area (TPSA) is 76.5 Å². The highest BCUT2D eigenvalue weighted by Crippen LogP contribution is 2.38. The van der Waals surface area contributed by atoms with Crippen molar-refractivity contribution in [3.63, 3.8) is 0 Å². The van der Waals surface area contributed by atoms with E-state index < -0.39 is 23.5 Å². The van der Waals surface area contributed by atoms with Crippen molar-refractivity contribution in [2.45, 2.75) is 37.8 Å². The Hall–Kier alpha value is -3.32. The molecule has 13 heteroatoms. The highest BCUT2D eigenvalue weighted by Gasteiger charge is 2.38. The van der Waals surface area contributed by atoms with Gasteiger partial charge in [0.2, 0.25) is 0 Å². The van der Waals surface area contributed by atoms with Gasteiger partial charge in [-0.05, 0) is 66.1 Å². The van der Waals surface area contributed by atoms with Crippen molar-refractivity contribution in [1.29, 1.82) is 0 Å². The fourth-order valence-corrected chi connectivity index (χ4v) is 5.45. The number of benzene rings is 2. The Kier molecular flexibility index (Phi) is 6.76. The van der Waals surface area contributed by atoms with Crippen LogP contribution in [0, 0.1) is 0 Å². The molecule has 38 heavy (non-hydrogen) atoms. The maximum Gasteiger partial charge on any atom is 0.416 e. The fourth-order valence-electron chi connectivity index (χ4n) is 4.51. The molecule has 0 radical (unpaired) electrons. The lowest BCUT2D eigenvalue weighted by atomic mass is 10.0. The van der Waals surface area contributed by atoms with Crippen molar-refractivity contribution in [2.24, 2.45) is 10.7 Å². The van der Waals surface area contributed by atoms with E-state index in [4.69, 9.17) is 5.73 Å². The van der Waals surface area contributed by atoms with E-state index in [-0.39, 0.29) is 30.1 Å². The highest BCUT2D eigenvalue weighted by molar-refractivity contribution is 8.18. The van der Waals surface area contributed by atoms with E-state index in [0.717, 1.165) is 25.5 Å². The number of rotatable bonds is 3. The van der Waals surface area contributed by atoms with Crippen LogP contribution in [0.25, 0.3) is 17.0 Å². The second-order valence-corrected chi connectivity index (χ2v) is 10.2. The van der Waals surface area contributed by atoms with Crippen molar-refractivity contribution >= 4 is 39.8 Å². The normalized spacial score (nSPS) is 20.0. The van der Waals surface area contributed by atoms with E-state index >= 15 is 0 Å². The highest BCUT2D eigenvalue weighted by atomic mass is 32.2. The second kappa shape index (κ2) is 9.77. The Balaban J connectivity index is 1.38. The number of carbonyl (C=O) groups excluding carboxylic acids is 1. The van der Waals surface area contributed by atoms with Crippen LogP contribution in [-0.4, -0.2) is 44.9 Å². The molecule has 1 atom stereocenters. The average molecular weight is 554 g/mol. The van der Waals surface area contributed by atoms with Crippen LogP contribution >= 0.6 is 11.8 Å². The van der Waals surface area contributed by atoms with Crippen molar-refractivity contribution in [3.8, 4) is 0 Å². The fraction of sp³-hybridized carbons (Fsp3) is 0.320. The smallest absolute Gasteiger partial charge is 0.349 e. The molecule has 1 amide bonds. The van der Waals surface area contributed by atoms with E-state index in [0.29, 0.717) is 39.2 Å². The number of alkyl halides is 6. The molecule has 3 heterocycles. The zero-order chi connectivity index (χ0) is 27.2. The van der Waals surface area contributed by atoms with Gasteiger partial charge in [-0.1, -0.05) is 12.1 Å². The molecule has 0 bridgehead atoms. The van der Waals surface area contributed by atoms with E-state index in [2.05, 4.69) is 10.1 Å². The number of thioether (sulfide) groups is 1. The number of piperidine rings is 1. The summed E-state index contributed by atoms with van der Waals surface area (Å²) in [5, 5.41) is 5.36. The Morgan fingerprint density at radius 2 is 1.87 bits per heavy atom. The van der Waals surface area contributed by atoms with Crippen LogP contribution in [0.4, 0.5) is 26.3 Å². The van der Waals surface area contributed by atoms with E-state index in [1.807, 2.05) is 4.90 Å². The number of amidine groups is 1. The molecule has 2 aliphatic rings. The second-order valence-electron chi connectivity index (χ2n) is 9.15. The summed E-state index contributed by atoms with van der Waals surface area (Å²) < 4.78 is 80.9. The third-order valence-electron chi connectivity index (χ3n) is 6.36. The van der Waals surface area contributed by atoms with Gasteiger partial charge < -0.3 is 10.6 Å². The van der Waals surface area contributed by atoms with E-state index in [1.165, 1.54) is 22.6 Å². The average Bonchev–Trinajstić information content (AvgIpc) is 3.41. The molecule has 2 aliphatic heterocycles. The van der Waals surface area contributed by atoms with Crippen LogP contribution in [0.5, 0.6) is 0 Å². The molecule has 2 N–H and O–H groups in total. The van der Waals surface area contributed by atoms with E-state index in [9.17, 15) is 31.1 Å². The molecular formula is C25H21F6N5OS. The van der Waals surface area contributed by atoms with Gasteiger partial charge in [0.1, 0.15) is 0 Å². The molecular weight excluding hydrogens is 532 g/mol. The predicted octanol–water partition coefficient (Wildman–Crippen LogP) is 5.52. The van der Waals surface area contributed by atoms with Crippen molar-refractivity contribution < 1.29 is 31.1 Å². The monoisotopic (exact) mass is 553 g/mol. The van der Waals surface area contributed by atoms with Gasteiger partial charge in [-0.3, -0.25) is 9.48 Å². The minimum Gasteiger partial charge on any atom is -0.349 e. The van der Waals surface area contributed by atoms with Gasteiger partial charge in [0.05, 0.1) is 34.3 Å². The van der Waals surface area contributed by atoms with Crippen molar-refractivity contribution in [2.75, 3.05) is 13.1 Å². The Bertz CT molecular complexity index is 1460. The summed E-state index contributed by atoms with van der Waals surface area (Å²) in [4.78, 5) is 19.1. The summed E-state index contributed by atoms with van der Waals surface area (Å²) in [5.74, 6) is -0.359. The van der Waals surface area contributed by atoms with Crippen LogP contribution in [0.2, 0.25) is 0 Å². The summed E-state index contributed by atoms with van der Waals surface area (Å²) >= 11 is 1.27. The van der Waals surface area contributed by atoms with Crippen LogP contribution < -0.4 is 5.73 Å². The van der Waals surface area contributed by atoms with Crippen LogP contribution in [0.15, 0.2) is 52.5 Å². The molecule has 0 spiro atoms. The number of nitrogens with zero attached hydrogens (tertiary/aromatic N) is 4. The van der Waals surface area contributed by atoms with Crippen LogP contribution in [0.3, 0.4) is 0 Å². The zero-order valence-corrected chi connectivity index (χ0v) is 20.5. The summed E-state index contributed by atoms with van der Waals surface area (Å²) in [6.07, 6.45) is -4.88. The molecule has 1 saturated heterocycles. The summed E-state index contributed by atoms with van der Waals surface area (Å²) in [5.41, 5.74) is 4.12. The lowest BCUT2D eigenvalue weighted by molar-refractivity contribution is -0.143. The first-order valence-electron chi connectivity index (χ1n) is 11.6. The molecule has 2 aromatic carbocycles. The first-order valence-corrected chi connectivity index (χ1v) is 12.5. The first kappa shape index (κ1) is 26.3. The number of carbonyl (C=O) groups is 1. The lowest BCUT2D eigenvalue weighted by Gasteiger charge is -2.31. The first-order chi connectivity index (χ1) is 17.9. The molecule has 1 aromatic heterocycles. The minimum atomic E-state index is -4.97. The third-order valence-corrected chi connectivity index (χ3v) is 7.41. The number of hydrogen-bond acceptors (Lipinski definition) is 5. The summed E-state index contributed by atoms with van der Waals surface area (Å²) in [7, 11) is 0. The standard InChI is InChI=1S/C25H21F6N5OS/c26-24(27,28)17-5-4-15(19(10-17)25(29,30)31)12-36-20-6-3-14(8-16(20)11-33-36)9-21-22(37)34-23(38-21)35-7-1-2-18(32)13-35/h3-6,8-11,18H,1-2,7,12-13,32H2/b21-9-/t18-/m1/s1. The number of aromatic nitrogens is 2. The number of aliphatic imine (C=N–C) groups is 1. The number of fused-ring (bicyclic) bond motifs is 1. The maximum atomic E-state index is 13.6. The molecule has 200 valence electrons. The van der Waals surface area contributed by atoms with Crippen molar-refractivity contribution in [3.05, 3.63) is 69.8 Å². The Morgan fingerprint density at radius 1 is 1.08 bits per heavy atom. The van der Waals surface area contributed by atoms with Gasteiger partial charge in [-0.25, -0.2) is 0 Å². The SMILES string of the molecule is N[C@@H]1CCCN(C2=NC(=O)/C(=C/c3ccc4c(cnn4Cc4ccc(C(F)(F)F)cc4C(F)(F)F)c3)S2)C1. The van der Waals surface area contributed by atoms with Crippen LogP contribution in [-0.2, 0) is 23.7 Å². The number of hydrogen-bond donors (Lipinski definition) is 1. The van der Waals surface area contributed by atoms with Gasteiger partial charge in [0, 0.05) is 24.5 Å². The quantitative estimate of drug-likeness (QED) is 0.342. The zero-order valence-electron chi connectivity index (χ0n) is 19.7. The van der Waals surface area contributed by atoms with Crippen molar-refractivity contribution in [1.82, 2.24) is 14.7 Å². The molecule has 3 aromatic rings. The van der Waals surface area contributed by atoms with Gasteiger partial charge in [0.15, 0.2) is 5.17 Å².